The lowest BCUT2D eigenvalue weighted by Crippen LogP contribution is -2.53. The fourth-order valence-corrected chi connectivity index (χ4v) is 23.9. The first-order valence-electron chi connectivity index (χ1n) is 47.1. The molecule has 0 spiro atoms. The molecule has 2 unspecified atom stereocenters. The predicted molar refractivity (Wildman–Crippen MR) is 579 cm³/mol. The lowest BCUT2D eigenvalue weighted by molar-refractivity contribution is -0.530. The summed E-state index contributed by atoms with van der Waals surface area (Å²) in [5.41, 5.74) is 21.0. The number of hydrogen-bond donors (Lipinski definition) is 2. The van der Waals surface area contributed by atoms with Crippen LogP contribution in [0.2, 0.25) is 54.4 Å². The standard InChI is InChI=1S/C46H54N6O2Si.C44H49N3O3Si.C26H40N2O2Si/c1-44(2,3)51(53)30-37-35-22-14-13-15-23-36(35)39(43(37)55(11,12)46(7,8)9)41-40(49-10)42(54-52(41)45(4,5)6)34-21-17-19-32(27-34)25-24-31-18-16-20-33(26-31)28-50-29-38(47)48;1-42(2,3)46(49)28-36-34-22-14-13-15-23-35(34)37(41(36)51(11,12)44(7,8)9)39-38(45-10)40(50-47(39)43(4,5)6)33-21-17-19-31(27-33)25-24-30-18-16-20-32(26-30)29-48;1-24(2,3)27(29)17-21-19-15-13-12-14-16-20(19)22(18-28(30)25(4,5)6)23(21)31(10,11)26(7,8)9/h13-23,26-28,30,41H,29H2,1-9,11-12H3,(H3,47,48);13-23,26-29,39H,1-9,11-12H3;12-18H,1-11H3/b50-28?,51-30-;46-28-;27-17-,28-18-. The van der Waals surface area contributed by atoms with Gasteiger partial charge in [-0.15, -0.1) is 10.1 Å². The average Bonchev–Trinajstić information content (AvgIpc) is 1.56. The van der Waals surface area contributed by atoms with Crippen molar-refractivity contribution in [1.82, 2.24) is 10.1 Å². The number of benzene rings is 4. The molecule has 6 aliphatic carbocycles. The molecule has 137 heavy (non-hydrogen) atoms. The van der Waals surface area contributed by atoms with Crippen LogP contribution in [-0.4, -0.2) is 136 Å². The van der Waals surface area contributed by atoms with E-state index < -0.39 is 69.5 Å². The molecule has 12 rings (SSSR count). The predicted octanol–water partition coefficient (Wildman–Crippen LogP) is 25.1. The first kappa shape index (κ1) is 106. The molecule has 0 saturated carbocycles. The van der Waals surface area contributed by atoms with Gasteiger partial charge in [-0.2, -0.15) is 0 Å². The highest BCUT2D eigenvalue weighted by atomic mass is 28.3. The molecule has 8 aliphatic rings. The zero-order chi connectivity index (χ0) is 102. The van der Waals surface area contributed by atoms with Crippen molar-refractivity contribution in [2.75, 3.05) is 6.54 Å². The number of amidine groups is 1. The van der Waals surface area contributed by atoms with Gasteiger partial charge in [0.25, 0.3) is 0 Å². The summed E-state index contributed by atoms with van der Waals surface area (Å²) in [5.74, 6) is 14.0. The van der Waals surface area contributed by atoms with Crippen molar-refractivity contribution in [1.29, 1.82) is 5.41 Å². The van der Waals surface area contributed by atoms with Crippen LogP contribution >= 0.6 is 0 Å². The molecule has 4 aromatic carbocycles. The lowest BCUT2D eigenvalue weighted by Gasteiger charge is -2.41. The first-order valence-corrected chi connectivity index (χ1v) is 56.1. The van der Waals surface area contributed by atoms with Crippen LogP contribution in [0.3, 0.4) is 0 Å². The largest absolute Gasteiger partial charge is 0.623 e. The number of aldehydes is 1. The number of rotatable bonds is 15. The topological polar surface area (TPSA) is 217 Å². The van der Waals surface area contributed by atoms with Gasteiger partial charge >= 0.3 is 0 Å². The van der Waals surface area contributed by atoms with Crippen molar-refractivity contribution in [3.05, 3.63) is 321 Å². The van der Waals surface area contributed by atoms with Crippen LogP contribution in [0.25, 0.3) is 54.6 Å². The molecule has 0 amide bonds. The Morgan fingerprint density at radius 1 is 0.401 bits per heavy atom. The molecule has 0 bridgehead atoms. The van der Waals surface area contributed by atoms with Crippen molar-refractivity contribution >= 4 is 94.5 Å². The summed E-state index contributed by atoms with van der Waals surface area (Å²) in [7, 11) is -6.95. The number of hydrogen-bond acceptors (Lipinski definition) is 11. The van der Waals surface area contributed by atoms with E-state index in [-0.39, 0.29) is 27.5 Å². The molecule has 0 radical (unpaired) electrons. The third-order valence-corrected chi connectivity index (χ3v) is 43.5. The van der Waals surface area contributed by atoms with Crippen LogP contribution in [0.15, 0.2) is 204 Å². The molecule has 0 saturated heterocycles. The molecule has 2 heterocycles. The molecule has 0 aromatic heterocycles. The van der Waals surface area contributed by atoms with Crippen molar-refractivity contribution in [3.63, 3.8) is 0 Å². The van der Waals surface area contributed by atoms with E-state index in [1.54, 1.807) is 43.2 Å². The molecule has 716 valence electrons. The van der Waals surface area contributed by atoms with Gasteiger partial charge in [0.2, 0.25) is 11.4 Å². The summed E-state index contributed by atoms with van der Waals surface area (Å²) >= 11 is 0. The van der Waals surface area contributed by atoms with E-state index in [1.165, 1.54) is 15.6 Å². The van der Waals surface area contributed by atoms with E-state index in [0.29, 0.717) is 28.5 Å². The number of fused-ring (bicyclic) bond motifs is 3. The number of nitrogens with one attached hydrogen (secondary N) is 1. The molecule has 0 fully saturated rings. The van der Waals surface area contributed by atoms with Crippen molar-refractivity contribution in [2.45, 2.75) is 287 Å². The Kier molecular flexibility index (Phi) is 31.3. The van der Waals surface area contributed by atoms with Gasteiger partial charge in [-0.3, -0.25) is 15.2 Å². The Morgan fingerprint density at radius 2 is 0.672 bits per heavy atom. The van der Waals surface area contributed by atoms with E-state index in [1.807, 2.05) is 233 Å². The Morgan fingerprint density at radius 3 is 0.956 bits per heavy atom. The SMILES string of the molecule is CC(C)(C)/[N+]([O-])=C/c1c2cccccc-2c(/C=[N+](\[O-])C(C)(C)C)c1[Si](C)(C)C(C)(C)C.[C-]#[N+]C1=C(c2cccc(C#Cc3cccc(C=NCC(=N)N)c3)c2)ON(C(C)(C)C)C1c1c2cccccc-2c(/C=[N+](\[O-])C(C)(C)C)c1[Si](C)(C)C(C)(C)C.[C-]#[N+]C1=C(c2cccc(C#Cc3cccc(C=O)c3)c2)ON(C(C)(C)C)C1c1c2cccccc-2c(/C=[N+](\[O-])C(C)(C)C)c1[Si](C)(C)C(C)(C)C. The van der Waals surface area contributed by atoms with Crippen molar-refractivity contribution in [3.8, 4) is 57.1 Å². The monoisotopic (exact) mass is 1890 g/mol. The fourth-order valence-electron chi connectivity index (χ4n) is 16.2. The average molecular weight is 1890 g/mol. The van der Waals surface area contributed by atoms with E-state index in [2.05, 4.69) is 218 Å². The summed E-state index contributed by atoms with van der Waals surface area (Å²) in [6, 6.07) is 60.2. The molecular formula is C116H143N11O7Si3. The number of carbonyl (C=O) groups excluding carboxylic acids is 1. The molecule has 21 heteroatoms. The molecule has 2 aliphatic heterocycles. The van der Waals surface area contributed by atoms with Crippen LogP contribution in [0.1, 0.15) is 282 Å². The molecule has 4 aromatic rings. The Bertz CT molecular complexity index is 6530. The van der Waals surface area contributed by atoms with Crippen molar-refractivity contribution in [2.24, 2.45) is 10.7 Å². The molecule has 2 atom stereocenters. The first-order chi connectivity index (χ1) is 63.3. The van der Waals surface area contributed by atoms with Crippen molar-refractivity contribution < 1.29 is 33.4 Å². The highest BCUT2D eigenvalue weighted by molar-refractivity contribution is 6.95. The minimum Gasteiger partial charge on any atom is -0.623 e. The summed E-state index contributed by atoms with van der Waals surface area (Å²) < 4.78 is 4.24. The Balaban J connectivity index is 0.000000220. The van der Waals surface area contributed by atoms with Gasteiger partial charge in [0.1, 0.15) is 24.2 Å². The number of carbonyl (C=O) groups is 1. The van der Waals surface area contributed by atoms with Gasteiger partial charge < -0.3 is 36.2 Å². The van der Waals surface area contributed by atoms with Crippen LogP contribution in [0, 0.1) is 63.1 Å². The van der Waals surface area contributed by atoms with Gasteiger partial charge in [0, 0.05) is 162 Å². The van der Waals surface area contributed by atoms with Gasteiger partial charge in [-0.1, -0.05) is 265 Å². The second-order valence-corrected chi connectivity index (χ2v) is 62.4. The van der Waals surface area contributed by atoms with Gasteiger partial charge in [-0.05, 0) is 171 Å². The second kappa shape index (κ2) is 40.2. The van der Waals surface area contributed by atoms with E-state index in [0.717, 1.165) is 131 Å². The maximum absolute atomic E-state index is 13.8. The number of aliphatic imine (C=N–C) groups is 1. The zero-order valence-corrected chi connectivity index (χ0v) is 90.2. The normalized spacial score (nSPS) is 15.7. The zero-order valence-electron chi connectivity index (χ0n) is 87.2. The second-order valence-electron chi connectivity index (χ2n) is 46.6. The Hall–Kier alpha value is -12.6. The quantitative estimate of drug-likeness (QED) is 0.0114. The number of nitrogens with zero attached hydrogens (tertiary/aromatic N) is 9. The van der Waals surface area contributed by atoms with E-state index >= 15 is 0 Å². The lowest BCUT2D eigenvalue weighted by atomic mass is 9.95. The maximum atomic E-state index is 13.8. The van der Waals surface area contributed by atoms with Crippen LogP contribution in [-0.2, 0) is 9.68 Å². The summed E-state index contributed by atoms with van der Waals surface area (Å²) in [6.07, 6.45) is 9.58. The van der Waals surface area contributed by atoms with Crippen LogP contribution < -0.4 is 21.3 Å². The third-order valence-electron chi connectivity index (χ3n) is 26.9. The molecule has 3 N–H and O–H groups in total. The smallest absolute Gasteiger partial charge is 0.234 e. The Labute approximate surface area is 820 Å². The van der Waals surface area contributed by atoms with Gasteiger partial charge in [0.05, 0.1) is 43.9 Å². The van der Waals surface area contributed by atoms with Gasteiger partial charge in [0.15, 0.2) is 58.5 Å². The fraction of sp³-hybridized carbons (Fsp3) is 0.388. The summed E-state index contributed by atoms with van der Waals surface area (Å²) in [6.45, 7) is 88.0. The molecule has 18 nitrogen and oxygen atoms in total. The minimum absolute atomic E-state index is 0.00921. The molecular weight excluding hydrogens is 1740 g/mol. The van der Waals surface area contributed by atoms with E-state index in [9.17, 15) is 25.6 Å². The highest BCUT2D eigenvalue weighted by Crippen LogP contribution is 2.55. The minimum atomic E-state index is -2.42. The number of nitrogens with two attached hydrogens (primary N) is 1. The number of hydroxylamine groups is 8. The summed E-state index contributed by atoms with van der Waals surface area (Å²) in [5, 5.41) is 68.4. The summed E-state index contributed by atoms with van der Waals surface area (Å²) in [4.78, 5) is 37.8. The maximum Gasteiger partial charge on any atom is 0.234 e. The third kappa shape index (κ3) is 23.5. The van der Waals surface area contributed by atoms with Gasteiger partial charge in [-0.25, -0.2) is 28.6 Å². The van der Waals surface area contributed by atoms with Crippen LogP contribution in [0.5, 0.6) is 0 Å². The van der Waals surface area contributed by atoms with E-state index in [4.69, 9.17) is 34.0 Å². The van der Waals surface area contributed by atoms with Crippen LogP contribution in [0.4, 0.5) is 0 Å². The highest BCUT2D eigenvalue weighted by Gasteiger charge is 2.54.